The maximum Gasteiger partial charge on any atom is 0.260 e. The molecule has 1 amide bonds. The number of benzene rings is 2. The van der Waals surface area contributed by atoms with Crippen molar-refractivity contribution in [2.45, 2.75) is 32.6 Å². The van der Waals surface area contributed by atoms with Crippen LogP contribution in [-0.4, -0.2) is 19.2 Å². The van der Waals surface area contributed by atoms with Gasteiger partial charge >= 0.3 is 0 Å². The Hall–Kier alpha value is -1.87. The molecule has 1 aliphatic rings. The van der Waals surface area contributed by atoms with Gasteiger partial charge in [-0.1, -0.05) is 50.5 Å². The molecule has 3 heteroatoms. The summed E-state index contributed by atoms with van der Waals surface area (Å²) in [5.41, 5.74) is 1.76. The number of rotatable bonds is 7. The molecule has 0 atom stereocenters. The monoisotopic (exact) mass is 283 g/mol. The number of hydrogen-bond acceptors (Lipinski definition) is 2. The minimum Gasteiger partial charge on any atom is -0.361 e. The maximum absolute atomic E-state index is 12.5. The average molecular weight is 283 g/mol. The van der Waals surface area contributed by atoms with E-state index in [0.717, 1.165) is 35.1 Å². The van der Waals surface area contributed by atoms with Crippen LogP contribution >= 0.6 is 0 Å². The van der Waals surface area contributed by atoms with E-state index in [0.29, 0.717) is 6.73 Å². The Labute approximate surface area is 125 Å². The molecule has 0 aromatic heterocycles. The predicted molar refractivity (Wildman–Crippen MR) is 85.7 cm³/mol. The average Bonchev–Trinajstić information content (AvgIpc) is 2.79. The summed E-state index contributed by atoms with van der Waals surface area (Å²) in [6, 6.07) is 11.9. The van der Waals surface area contributed by atoms with Gasteiger partial charge in [0, 0.05) is 17.6 Å². The van der Waals surface area contributed by atoms with E-state index in [-0.39, 0.29) is 5.91 Å². The van der Waals surface area contributed by atoms with E-state index in [1.54, 1.807) is 4.90 Å². The zero-order valence-electron chi connectivity index (χ0n) is 12.5. The number of hydrogen-bond donors (Lipinski definition) is 0. The molecule has 0 N–H and O–H groups in total. The van der Waals surface area contributed by atoms with Crippen molar-refractivity contribution in [1.29, 1.82) is 0 Å². The molecular formula is C18H21NO2. The summed E-state index contributed by atoms with van der Waals surface area (Å²) in [4.78, 5) is 14.2. The molecular weight excluding hydrogens is 262 g/mol. The van der Waals surface area contributed by atoms with Crippen LogP contribution in [0.15, 0.2) is 36.4 Å². The Morgan fingerprint density at radius 2 is 1.86 bits per heavy atom. The molecule has 2 aromatic rings. The Bertz CT molecular complexity index is 645. The van der Waals surface area contributed by atoms with Crippen LogP contribution in [0.1, 0.15) is 43.0 Å². The molecule has 110 valence electrons. The SMILES string of the molecule is CCCCCCOCN1C(=O)c2cccc3cccc1c23. The third kappa shape index (κ3) is 2.66. The number of amides is 1. The highest BCUT2D eigenvalue weighted by molar-refractivity contribution is 6.24. The molecule has 0 bridgehead atoms. The first-order valence-corrected chi connectivity index (χ1v) is 7.74. The molecule has 0 aliphatic carbocycles. The van der Waals surface area contributed by atoms with Crippen LogP contribution in [0.5, 0.6) is 0 Å². The highest BCUT2D eigenvalue weighted by Crippen LogP contribution is 2.36. The lowest BCUT2D eigenvalue weighted by Gasteiger charge is -2.17. The van der Waals surface area contributed by atoms with Gasteiger partial charge in [-0.15, -0.1) is 0 Å². The topological polar surface area (TPSA) is 29.5 Å². The summed E-state index contributed by atoms with van der Waals surface area (Å²) in [7, 11) is 0. The second kappa shape index (κ2) is 6.27. The van der Waals surface area contributed by atoms with Gasteiger partial charge in [-0.25, -0.2) is 0 Å². The van der Waals surface area contributed by atoms with Crippen molar-refractivity contribution < 1.29 is 9.53 Å². The third-order valence-electron chi connectivity index (χ3n) is 4.01. The molecule has 2 aromatic carbocycles. The standard InChI is InChI=1S/C18H21NO2/c1-2-3-4-5-12-21-13-19-16-11-7-9-14-8-6-10-15(17(14)16)18(19)20/h6-11H,2-5,12-13H2,1H3. The molecule has 1 heterocycles. The third-order valence-corrected chi connectivity index (χ3v) is 4.01. The number of nitrogens with zero attached hydrogens (tertiary/aromatic N) is 1. The summed E-state index contributed by atoms with van der Waals surface area (Å²) >= 11 is 0. The Kier molecular flexibility index (Phi) is 4.20. The smallest absolute Gasteiger partial charge is 0.260 e. The molecule has 21 heavy (non-hydrogen) atoms. The van der Waals surface area contributed by atoms with E-state index >= 15 is 0 Å². The molecule has 0 radical (unpaired) electrons. The van der Waals surface area contributed by atoms with Crippen molar-refractivity contribution in [2.75, 3.05) is 18.2 Å². The van der Waals surface area contributed by atoms with Crippen LogP contribution in [0.25, 0.3) is 10.8 Å². The molecule has 0 fully saturated rings. The number of unbranched alkanes of at least 4 members (excludes halogenated alkanes) is 3. The highest BCUT2D eigenvalue weighted by Gasteiger charge is 2.29. The first-order valence-electron chi connectivity index (χ1n) is 7.74. The first-order chi connectivity index (χ1) is 10.3. The van der Waals surface area contributed by atoms with E-state index < -0.39 is 0 Å². The van der Waals surface area contributed by atoms with Gasteiger partial charge in [0.25, 0.3) is 5.91 Å². The molecule has 1 aliphatic heterocycles. The fourth-order valence-corrected chi connectivity index (χ4v) is 2.89. The Balaban J connectivity index is 1.69. The number of carbonyl (C=O) groups is 1. The summed E-state index contributed by atoms with van der Waals surface area (Å²) in [5.74, 6) is 0.0513. The summed E-state index contributed by atoms with van der Waals surface area (Å²) in [6.45, 7) is 3.26. The maximum atomic E-state index is 12.5. The minimum absolute atomic E-state index is 0.0513. The van der Waals surface area contributed by atoms with Crippen molar-refractivity contribution in [3.8, 4) is 0 Å². The van der Waals surface area contributed by atoms with Gasteiger partial charge in [0.2, 0.25) is 0 Å². The van der Waals surface area contributed by atoms with Crippen LogP contribution in [0.4, 0.5) is 5.69 Å². The van der Waals surface area contributed by atoms with E-state index in [9.17, 15) is 4.79 Å². The second-order valence-corrected chi connectivity index (χ2v) is 5.51. The van der Waals surface area contributed by atoms with Gasteiger partial charge in [-0.3, -0.25) is 9.69 Å². The van der Waals surface area contributed by atoms with Crippen molar-refractivity contribution in [2.24, 2.45) is 0 Å². The van der Waals surface area contributed by atoms with Crippen molar-refractivity contribution >= 4 is 22.4 Å². The van der Waals surface area contributed by atoms with Gasteiger partial charge in [0.15, 0.2) is 0 Å². The largest absolute Gasteiger partial charge is 0.361 e. The minimum atomic E-state index is 0.0513. The van der Waals surface area contributed by atoms with Crippen LogP contribution in [-0.2, 0) is 4.74 Å². The van der Waals surface area contributed by atoms with Crippen LogP contribution in [0.3, 0.4) is 0 Å². The summed E-state index contributed by atoms with van der Waals surface area (Å²) < 4.78 is 5.70. The van der Waals surface area contributed by atoms with Gasteiger partial charge < -0.3 is 4.74 Å². The highest BCUT2D eigenvalue weighted by atomic mass is 16.5. The Morgan fingerprint density at radius 3 is 2.67 bits per heavy atom. The molecule has 0 saturated carbocycles. The summed E-state index contributed by atoms with van der Waals surface area (Å²) in [6.07, 6.45) is 4.73. The number of anilines is 1. The molecule has 0 unspecified atom stereocenters. The zero-order valence-corrected chi connectivity index (χ0v) is 12.5. The molecule has 0 spiro atoms. The lowest BCUT2D eigenvalue weighted by atomic mass is 10.1. The number of carbonyl (C=O) groups excluding carboxylic acids is 1. The van der Waals surface area contributed by atoms with E-state index in [1.165, 1.54) is 19.3 Å². The van der Waals surface area contributed by atoms with Gasteiger partial charge in [0.1, 0.15) is 6.73 Å². The van der Waals surface area contributed by atoms with E-state index in [4.69, 9.17) is 4.74 Å². The second-order valence-electron chi connectivity index (χ2n) is 5.51. The number of ether oxygens (including phenoxy) is 1. The van der Waals surface area contributed by atoms with Crippen molar-refractivity contribution in [3.63, 3.8) is 0 Å². The molecule has 3 nitrogen and oxygen atoms in total. The lowest BCUT2D eigenvalue weighted by Crippen LogP contribution is -2.29. The van der Waals surface area contributed by atoms with Crippen LogP contribution in [0, 0.1) is 0 Å². The van der Waals surface area contributed by atoms with Crippen molar-refractivity contribution in [1.82, 2.24) is 0 Å². The molecule has 0 saturated heterocycles. The summed E-state index contributed by atoms with van der Waals surface area (Å²) in [5, 5.41) is 2.17. The quantitative estimate of drug-likeness (QED) is 0.707. The fourth-order valence-electron chi connectivity index (χ4n) is 2.89. The van der Waals surface area contributed by atoms with Gasteiger partial charge in [-0.05, 0) is 23.9 Å². The van der Waals surface area contributed by atoms with Crippen LogP contribution in [0.2, 0.25) is 0 Å². The van der Waals surface area contributed by atoms with Gasteiger partial charge in [0.05, 0.1) is 5.69 Å². The van der Waals surface area contributed by atoms with Crippen molar-refractivity contribution in [3.05, 3.63) is 42.0 Å². The first kappa shape index (κ1) is 14.1. The van der Waals surface area contributed by atoms with Gasteiger partial charge in [-0.2, -0.15) is 0 Å². The zero-order chi connectivity index (χ0) is 14.7. The fraction of sp³-hybridized carbons (Fsp3) is 0.389. The molecule has 3 rings (SSSR count). The van der Waals surface area contributed by atoms with E-state index in [1.807, 2.05) is 36.4 Å². The normalized spacial score (nSPS) is 13.4. The van der Waals surface area contributed by atoms with E-state index in [2.05, 4.69) is 6.92 Å². The lowest BCUT2D eigenvalue weighted by molar-refractivity contribution is 0.0887. The van der Waals surface area contributed by atoms with Crippen LogP contribution < -0.4 is 4.90 Å². The predicted octanol–water partition coefficient (Wildman–Crippen LogP) is 4.35. The Morgan fingerprint density at radius 1 is 1.05 bits per heavy atom.